The normalized spacial score (nSPS) is 15.4. The van der Waals surface area contributed by atoms with Crippen LogP contribution in [-0.4, -0.2) is 53.2 Å². The van der Waals surface area contributed by atoms with E-state index in [2.05, 4.69) is 48.3 Å². The summed E-state index contributed by atoms with van der Waals surface area (Å²) in [6, 6.07) is 4.39. The van der Waals surface area contributed by atoms with Crippen molar-refractivity contribution in [2.75, 3.05) is 31.6 Å². The zero-order valence-electron chi connectivity index (χ0n) is 16.8. The molecule has 1 amide bonds. The highest BCUT2D eigenvalue weighted by Crippen LogP contribution is 2.18. The number of anilines is 1. The van der Waals surface area contributed by atoms with E-state index in [1.807, 2.05) is 18.1 Å². The van der Waals surface area contributed by atoms with Gasteiger partial charge in [-0.05, 0) is 37.5 Å². The Morgan fingerprint density at radius 2 is 1.93 bits per heavy atom. The van der Waals surface area contributed by atoms with Crippen molar-refractivity contribution in [3.63, 3.8) is 0 Å². The van der Waals surface area contributed by atoms with E-state index in [1.165, 1.54) is 22.3 Å². The highest BCUT2D eigenvalue weighted by atomic mass is 16.2. The van der Waals surface area contributed by atoms with Crippen molar-refractivity contribution in [3.05, 3.63) is 46.8 Å². The Bertz CT molecular complexity index is 846. The Labute approximate surface area is 160 Å². The third-order valence-corrected chi connectivity index (χ3v) is 5.00. The molecule has 1 aliphatic heterocycles. The molecule has 7 nitrogen and oxygen atoms in total. The van der Waals surface area contributed by atoms with E-state index in [0.717, 1.165) is 18.2 Å². The minimum absolute atomic E-state index is 0.0555. The van der Waals surface area contributed by atoms with Gasteiger partial charge in [0.25, 0.3) is 0 Å². The number of guanidine groups is 1. The minimum Gasteiger partial charge on any atom is -0.352 e. The Balaban J connectivity index is 1.65. The Kier molecular flexibility index (Phi) is 5.48. The number of amides is 1. The highest BCUT2D eigenvalue weighted by Gasteiger charge is 2.27. The van der Waals surface area contributed by atoms with Gasteiger partial charge in [-0.2, -0.15) is 5.10 Å². The number of nitrogens with one attached hydrogen (secondary N) is 1. The monoisotopic (exact) mass is 368 g/mol. The van der Waals surface area contributed by atoms with Gasteiger partial charge in [0.15, 0.2) is 5.96 Å². The summed E-state index contributed by atoms with van der Waals surface area (Å²) in [5.41, 5.74) is 5.94. The third kappa shape index (κ3) is 4.13. The van der Waals surface area contributed by atoms with Crippen LogP contribution >= 0.6 is 0 Å². The lowest BCUT2D eigenvalue weighted by atomic mass is 10.00. The Morgan fingerprint density at radius 1 is 1.22 bits per heavy atom. The van der Waals surface area contributed by atoms with Gasteiger partial charge in [-0.1, -0.05) is 17.7 Å². The molecule has 3 rings (SSSR count). The van der Waals surface area contributed by atoms with E-state index in [9.17, 15) is 4.79 Å². The van der Waals surface area contributed by atoms with Crippen molar-refractivity contribution in [2.24, 2.45) is 12.0 Å². The van der Waals surface area contributed by atoms with Crippen molar-refractivity contribution in [3.8, 4) is 0 Å². The summed E-state index contributed by atoms with van der Waals surface area (Å²) in [6.45, 7) is 8.73. The number of piperazine rings is 1. The van der Waals surface area contributed by atoms with Gasteiger partial charge in [0.2, 0.25) is 5.91 Å². The Morgan fingerprint density at radius 3 is 2.48 bits per heavy atom. The van der Waals surface area contributed by atoms with Crippen LogP contribution in [0.15, 0.2) is 29.5 Å². The van der Waals surface area contributed by atoms with Gasteiger partial charge in [-0.3, -0.25) is 14.5 Å². The largest absolute Gasteiger partial charge is 0.352 e. The lowest BCUT2D eigenvalue weighted by molar-refractivity contribution is -0.120. The molecule has 7 heteroatoms. The van der Waals surface area contributed by atoms with E-state index < -0.39 is 0 Å². The van der Waals surface area contributed by atoms with Crippen LogP contribution in [0.3, 0.4) is 0 Å². The molecule has 0 radical (unpaired) electrons. The fourth-order valence-corrected chi connectivity index (χ4v) is 3.66. The zero-order chi connectivity index (χ0) is 19.6. The molecule has 1 fully saturated rings. The number of aromatic nitrogens is 2. The van der Waals surface area contributed by atoms with E-state index in [1.54, 1.807) is 22.8 Å². The molecular weight excluding hydrogens is 340 g/mol. The van der Waals surface area contributed by atoms with Crippen molar-refractivity contribution in [1.82, 2.24) is 20.0 Å². The quantitative estimate of drug-likeness (QED) is 0.662. The summed E-state index contributed by atoms with van der Waals surface area (Å²) in [5.74, 6) is 0.813. The molecule has 2 aromatic rings. The number of benzene rings is 1. The first-order valence-electron chi connectivity index (χ1n) is 9.20. The summed E-state index contributed by atoms with van der Waals surface area (Å²) in [6.07, 6.45) is 3.59. The molecule has 0 bridgehead atoms. The predicted molar refractivity (Wildman–Crippen MR) is 108 cm³/mol. The first kappa shape index (κ1) is 18.9. The molecule has 2 heterocycles. The van der Waals surface area contributed by atoms with Gasteiger partial charge in [-0.25, -0.2) is 0 Å². The molecule has 1 saturated heterocycles. The molecule has 27 heavy (non-hydrogen) atoms. The molecule has 0 atom stereocenters. The second-order valence-electron chi connectivity index (χ2n) is 7.12. The molecule has 0 unspecified atom stereocenters. The second-order valence-corrected chi connectivity index (χ2v) is 7.12. The SMILES string of the molecule is CN=C(NCc1c(C)cc(C)cc1C)N1CCN(c2cnn(C)c2)C(=O)C1. The molecular formula is C20H28N6O. The maximum absolute atomic E-state index is 12.6. The molecule has 1 aliphatic rings. The number of rotatable bonds is 3. The van der Waals surface area contributed by atoms with E-state index in [4.69, 9.17) is 0 Å². The van der Waals surface area contributed by atoms with Gasteiger partial charge >= 0.3 is 0 Å². The van der Waals surface area contributed by atoms with Crippen LogP contribution < -0.4 is 10.2 Å². The molecule has 1 aromatic heterocycles. The standard InChI is InChI=1S/C20H28N6O/c1-14-8-15(2)18(16(3)9-14)11-22-20(21-4)25-6-7-26(19(27)13-25)17-10-23-24(5)12-17/h8-10,12H,6-7,11,13H2,1-5H3,(H,21,22). The van der Waals surface area contributed by atoms with Crippen LogP contribution in [0.25, 0.3) is 0 Å². The molecule has 1 N–H and O–H groups in total. The molecule has 0 spiro atoms. The molecule has 1 aromatic carbocycles. The second kappa shape index (κ2) is 7.82. The maximum atomic E-state index is 12.6. The topological polar surface area (TPSA) is 65.8 Å². The minimum atomic E-state index is 0.0555. The summed E-state index contributed by atoms with van der Waals surface area (Å²) in [7, 11) is 3.61. The smallest absolute Gasteiger partial charge is 0.246 e. The molecule has 144 valence electrons. The van der Waals surface area contributed by atoms with Crippen LogP contribution in [0.4, 0.5) is 5.69 Å². The van der Waals surface area contributed by atoms with Crippen LogP contribution in [-0.2, 0) is 18.4 Å². The number of hydrogen-bond donors (Lipinski definition) is 1. The van der Waals surface area contributed by atoms with Crippen molar-refractivity contribution >= 4 is 17.6 Å². The van der Waals surface area contributed by atoms with Gasteiger partial charge < -0.3 is 15.1 Å². The number of carbonyl (C=O) groups excluding carboxylic acids is 1. The van der Waals surface area contributed by atoms with Gasteiger partial charge in [-0.15, -0.1) is 0 Å². The summed E-state index contributed by atoms with van der Waals surface area (Å²) >= 11 is 0. The van der Waals surface area contributed by atoms with Crippen molar-refractivity contribution in [1.29, 1.82) is 0 Å². The van der Waals surface area contributed by atoms with Crippen LogP contribution in [0.1, 0.15) is 22.3 Å². The van der Waals surface area contributed by atoms with Gasteiger partial charge in [0, 0.05) is 39.9 Å². The van der Waals surface area contributed by atoms with Crippen molar-refractivity contribution in [2.45, 2.75) is 27.3 Å². The van der Waals surface area contributed by atoms with Gasteiger partial charge in [0.1, 0.15) is 6.54 Å². The number of nitrogens with zero attached hydrogens (tertiary/aromatic N) is 5. The summed E-state index contributed by atoms with van der Waals surface area (Å²) < 4.78 is 1.71. The van der Waals surface area contributed by atoms with Crippen molar-refractivity contribution < 1.29 is 4.79 Å². The number of aliphatic imine (C=N–C) groups is 1. The highest BCUT2D eigenvalue weighted by molar-refractivity contribution is 5.98. The van der Waals surface area contributed by atoms with Gasteiger partial charge in [0.05, 0.1) is 11.9 Å². The average molecular weight is 368 g/mol. The van der Waals surface area contributed by atoms with Crippen LogP contribution in [0.5, 0.6) is 0 Å². The summed E-state index contributed by atoms with van der Waals surface area (Å²) in [4.78, 5) is 20.8. The van der Waals surface area contributed by atoms with E-state index in [-0.39, 0.29) is 5.91 Å². The first-order chi connectivity index (χ1) is 12.9. The van der Waals surface area contributed by atoms with Crippen LogP contribution in [0, 0.1) is 20.8 Å². The lowest BCUT2D eigenvalue weighted by Gasteiger charge is -2.35. The zero-order valence-corrected chi connectivity index (χ0v) is 16.8. The fraction of sp³-hybridized carbons (Fsp3) is 0.450. The van der Waals surface area contributed by atoms with E-state index in [0.29, 0.717) is 19.6 Å². The lowest BCUT2D eigenvalue weighted by Crippen LogP contribution is -2.55. The third-order valence-electron chi connectivity index (χ3n) is 5.00. The molecule has 0 saturated carbocycles. The number of hydrogen-bond acceptors (Lipinski definition) is 3. The van der Waals surface area contributed by atoms with E-state index >= 15 is 0 Å². The number of carbonyl (C=O) groups is 1. The average Bonchev–Trinajstić information content (AvgIpc) is 3.03. The molecule has 0 aliphatic carbocycles. The fourth-order valence-electron chi connectivity index (χ4n) is 3.66. The first-order valence-corrected chi connectivity index (χ1v) is 9.20. The Hall–Kier alpha value is -2.83. The summed E-state index contributed by atoms with van der Waals surface area (Å²) in [5, 5.41) is 7.58. The maximum Gasteiger partial charge on any atom is 0.246 e. The van der Waals surface area contributed by atoms with Crippen LogP contribution in [0.2, 0.25) is 0 Å². The number of aryl methyl sites for hydroxylation is 4. The predicted octanol–water partition coefficient (Wildman–Crippen LogP) is 1.77.